The first-order valence-electron chi connectivity index (χ1n) is 15.6. The Hall–Kier alpha value is -5.60. The van der Waals surface area contributed by atoms with E-state index in [1.807, 2.05) is 0 Å². The quantitative estimate of drug-likeness (QED) is 0.207. The average molecular weight is 578 g/mol. The van der Waals surface area contributed by atoms with E-state index >= 15 is 0 Å². The highest BCUT2D eigenvalue weighted by Crippen LogP contribution is 2.54. The third kappa shape index (κ3) is 3.89. The average Bonchev–Trinajstić information content (AvgIpc) is 3.58. The third-order valence-corrected chi connectivity index (χ3v) is 9.66. The minimum absolute atomic E-state index is 0.0601. The first kappa shape index (κ1) is 25.9. The molecule has 0 saturated carbocycles. The predicted molar refractivity (Wildman–Crippen MR) is 189 cm³/mol. The summed E-state index contributed by atoms with van der Waals surface area (Å²) < 4.78 is 6.27. The van der Waals surface area contributed by atoms with Gasteiger partial charge in [0.05, 0.1) is 5.69 Å². The van der Waals surface area contributed by atoms with Crippen LogP contribution in [-0.4, -0.2) is 0 Å². The molecule has 45 heavy (non-hydrogen) atoms. The van der Waals surface area contributed by atoms with Gasteiger partial charge in [-0.3, -0.25) is 0 Å². The van der Waals surface area contributed by atoms with Gasteiger partial charge < -0.3 is 9.32 Å². The lowest BCUT2D eigenvalue weighted by Crippen LogP contribution is -2.16. The fourth-order valence-corrected chi connectivity index (χ4v) is 7.46. The topological polar surface area (TPSA) is 16.4 Å². The number of hydrogen-bond acceptors (Lipinski definition) is 2. The van der Waals surface area contributed by atoms with Crippen molar-refractivity contribution in [3.8, 4) is 22.3 Å². The van der Waals surface area contributed by atoms with Gasteiger partial charge in [0.25, 0.3) is 0 Å². The zero-order valence-electron chi connectivity index (χ0n) is 25.3. The van der Waals surface area contributed by atoms with Gasteiger partial charge in [0.2, 0.25) is 0 Å². The Kier molecular flexibility index (Phi) is 5.58. The molecule has 214 valence electrons. The summed E-state index contributed by atoms with van der Waals surface area (Å²) in [6.07, 6.45) is 0. The predicted octanol–water partition coefficient (Wildman–Crippen LogP) is 12.2. The van der Waals surface area contributed by atoms with E-state index in [1.54, 1.807) is 0 Å². The molecule has 0 radical (unpaired) electrons. The van der Waals surface area contributed by atoms with Crippen LogP contribution in [0, 0.1) is 0 Å². The number of rotatable bonds is 4. The fraction of sp³-hybridized carbons (Fsp3) is 0.0698. The van der Waals surface area contributed by atoms with Crippen LogP contribution in [0.2, 0.25) is 0 Å². The van der Waals surface area contributed by atoms with E-state index in [4.69, 9.17) is 4.42 Å². The van der Waals surface area contributed by atoms with Crippen LogP contribution in [-0.2, 0) is 5.41 Å². The summed E-state index contributed by atoms with van der Waals surface area (Å²) in [5.41, 5.74) is 13.0. The highest BCUT2D eigenvalue weighted by atomic mass is 16.3. The molecule has 0 spiro atoms. The van der Waals surface area contributed by atoms with Crippen molar-refractivity contribution in [3.63, 3.8) is 0 Å². The van der Waals surface area contributed by atoms with Crippen LogP contribution in [0.25, 0.3) is 55.0 Å². The molecule has 2 heteroatoms. The molecule has 0 N–H and O–H groups in total. The molecule has 0 bridgehead atoms. The van der Waals surface area contributed by atoms with Gasteiger partial charge in [-0.1, -0.05) is 117 Å². The van der Waals surface area contributed by atoms with Crippen molar-refractivity contribution in [2.75, 3.05) is 4.90 Å². The molecule has 0 atom stereocenters. The molecule has 0 unspecified atom stereocenters. The molecule has 1 aliphatic rings. The van der Waals surface area contributed by atoms with E-state index in [0.717, 1.165) is 27.9 Å². The zero-order valence-corrected chi connectivity index (χ0v) is 25.3. The van der Waals surface area contributed by atoms with Gasteiger partial charge in [0, 0.05) is 33.1 Å². The SMILES string of the molecule is CC1(C)c2ccccc2-c2c(N(c3ccccc3)c3ccc(-c4ccc5oc6ccc7ccccc7c6c5c4)cc3)cccc21. The number of furan rings is 1. The summed E-state index contributed by atoms with van der Waals surface area (Å²) in [5, 5.41) is 4.77. The molecular weight excluding hydrogens is 546 g/mol. The van der Waals surface area contributed by atoms with Crippen LogP contribution in [0.4, 0.5) is 17.1 Å². The lowest BCUT2D eigenvalue weighted by Gasteiger charge is -2.29. The molecule has 0 fully saturated rings. The second-order valence-electron chi connectivity index (χ2n) is 12.6. The molecule has 7 aromatic carbocycles. The van der Waals surface area contributed by atoms with Crippen molar-refractivity contribution in [3.05, 3.63) is 163 Å². The third-order valence-electron chi connectivity index (χ3n) is 9.66. The van der Waals surface area contributed by atoms with Crippen molar-refractivity contribution in [2.45, 2.75) is 19.3 Å². The second kappa shape index (κ2) is 9.70. The van der Waals surface area contributed by atoms with E-state index in [2.05, 4.69) is 170 Å². The Morgan fingerprint density at radius 2 is 1.20 bits per heavy atom. The van der Waals surface area contributed by atoms with Crippen LogP contribution < -0.4 is 4.90 Å². The van der Waals surface area contributed by atoms with E-state index in [0.29, 0.717) is 0 Å². The Bertz CT molecular complexity index is 2400. The smallest absolute Gasteiger partial charge is 0.136 e. The van der Waals surface area contributed by atoms with Crippen molar-refractivity contribution in [2.24, 2.45) is 0 Å². The van der Waals surface area contributed by atoms with E-state index < -0.39 is 0 Å². The zero-order chi connectivity index (χ0) is 30.1. The fourth-order valence-electron chi connectivity index (χ4n) is 7.46. The summed E-state index contributed by atoms with van der Waals surface area (Å²) in [6.45, 7) is 4.68. The van der Waals surface area contributed by atoms with Crippen molar-refractivity contribution >= 4 is 49.8 Å². The Balaban J connectivity index is 1.18. The Morgan fingerprint density at radius 3 is 2.07 bits per heavy atom. The monoisotopic (exact) mass is 577 g/mol. The lowest BCUT2D eigenvalue weighted by molar-refractivity contribution is 0.660. The standard InChI is InChI=1S/C43H31NO/c1-43(2)36-16-9-8-15-34(36)42-37(43)17-10-18-38(42)44(31-12-4-3-5-13-31)32-23-19-28(20-24-32)30-22-25-39-35(27-30)41-33-14-7-6-11-29(33)21-26-40(41)45-39/h3-27H,1-2H3. The van der Waals surface area contributed by atoms with Gasteiger partial charge in [-0.25, -0.2) is 0 Å². The summed E-state index contributed by atoms with van der Waals surface area (Å²) in [7, 11) is 0. The summed E-state index contributed by atoms with van der Waals surface area (Å²) in [5.74, 6) is 0. The van der Waals surface area contributed by atoms with Crippen LogP contribution in [0.3, 0.4) is 0 Å². The maximum Gasteiger partial charge on any atom is 0.136 e. The molecule has 0 amide bonds. The molecule has 8 aromatic rings. The minimum atomic E-state index is -0.0601. The Morgan fingerprint density at radius 1 is 0.511 bits per heavy atom. The molecule has 2 nitrogen and oxygen atoms in total. The lowest BCUT2D eigenvalue weighted by atomic mass is 9.82. The van der Waals surface area contributed by atoms with Crippen LogP contribution in [0.15, 0.2) is 156 Å². The molecule has 0 aliphatic heterocycles. The maximum absolute atomic E-state index is 6.27. The molecule has 9 rings (SSSR count). The minimum Gasteiger partial charge on any atom is -0.456 e. The molecule has 1 aliphatic carbocycles. The van der Waals surface area contributed by atoms with Crippen molar-refractivity contribution in [1.29, 1.82) is 0 Å². The number of nitrogens with zero attached hydrogens (tertiary/aromatic N) is 1. The van der Waals surface area contributed by atoms with Crippen LogP contribution in [0.1, 0.15) is 25.0 Å². The number of para-hydroxylation sites is 1. The largest absolute Gasteiger partial charge is 0.456 e. The number of benzene rings is 7. The number of hydrogen-bond donors (Lipinski definition) is 0. The van der Waals surface area contributed by atoms with Crippen molar-refractivity contribution < 1.29 is 4.42 Å². The van der Waals surface area contributed by atoms with Gasteiger partial charge in [0.1, 0.15) is 11.2 Å². The van der Waals surface area contributed by atoms with Gasteiger partial charge in [-0.05, 0) is 87.1 Å². The van der Waals surface area contributed by atoms with E-state index in [1.165, 1.54) is 55.2 Å². The van der Waals surface area contributed by atoms with Crippen LogP contribution in [0.5, 0.6) is 0 Å². The molecule has 1 heterocycles. The normalized spacial score (nSPS) is 13.3. The summed E-state index contributed by atoms with van der Waals surface area (Å²) in [6, 6.07) is 54.7. The molecule has 0 saturated heterocycles. The summed E-state index contributed by atoms with van der Waals surface area (Å²) in [4.78, 5) is 2.40. The van der Waals surface area contributed by atoms with Crippen molar-refractivity contribution in [1.82, 2.24) is 0 Å². The maximum atomic E-state index is 6.27. The Labute approximate surface area is 262 Å². The van der Waals surface area contributed by atoms with E-state index in [9.17, 15) is 0 Å². The van der Waals surface area contributed by atoms with Gasteiger partial charge in [0.15, 0.2) is 0 Å². The highest BCUT2D eigenvalue weighted by molar-refractivity contribution is 6.19. The first-order chi connectivity index (χ1) is 22.1. The molecular formula is C43H31NO. The number of anilines is 3. The van der Waals surface area contributed by atoms with Gasteiger partial charge in [-0.2, -0.15) is 0 Å². The number of fused-ring (bicyclic) bond motifs is 8. The molecule has 1 aromatic heterocycles. The second-order valence-corrected chi connectivity index (χ2v) is 12.6. The van der Waals surface area contributed by atoms with E-state index in [-0.39, 0.29) is 5.41 Å². The van der Waals surface area contributed by atoms with Gasteiger partial charge >= 0.3 is 0 Å². The first-order valence-corrected chi connectivity index (χ1v) is 15.6. The highest BCUT2D eigenvalue weighted by Gasteiger charge is 2.37. The van der Waals surface area contributed by atoms with Gasteiger partial charge in [-0.15, -0.1) is 0 Å². The summed E-state index contributed by atoms with van der Waals surface area (Å²) >= 11 is 0. The van der Waals surface area contributed by atoms with Crippen LogP contribution >= 0.6 is 0 Å².